The Morgan fingerprint density at radius 1 is 1.00 bits per heavy atom. The fraction of sp³-hybridized carbons (Fsp3) is 0.0769. The first-order valence-corrected chi connectivity index (χ1v) is 5.42. The largest absolute Gasteiger partial charge is 0.399 e. The molecule has 0 amide bonds. The Morgan fingerprint density at radius 2 is 1.62 bits per heavy atom. The standard InChI is InChI=1S/C13H10ClNO/c14-7-1-3-9-10-4-2-8(15)6-12(10)13(16)11(9)5-7/h1-6,13,16H,15H2/t13-/m1/s1. The van der Waals surface area contributed by atoms with Crippen molar-refractivity contribution < 1.29 is 5.11 Å². The third-order valence-corrected chi connectivity index (χ3v) is 3.20. The number of anilines is 1. The molecule has 80 valence electrons. The van der Waals surface area contributed by atoms with E-state index in [2.05, 4.69) is 0 Å². The van der Waals surface area contributed by atoms with Gasteiger partial charge in [-0.3, -0.25) is 0 Å². The van der Waals surface area contributed by atoms with Gasteiger partial charge in [0.2, 0.25) is 0 Å². The minimum atomic E-state index is -0.618. The second-order valence-corrected chi connectivity index (χ2v) is 4.42. The molecule has 0 aliphatic heterocycles. The first-order chi connectivity index (χ1) is 7.66. The van der Waals surface area contributed by atoms with Crippen LogP contribution in [0.2, 0.25) is 5.02 Å². The van der Waals surface area contributed by atoms with Gasteiger partial charge in [0.05, 0.1) is 0 Å². The topological polar surface area (TPSA) is 46.2 Å². The quantitative estimate of drug-likeness (QED) is 0.685. The summed E-state index contributed by atoms with van der Waals surface area (Å²) in [6.07, 6.45) is -0.618. The minimum Gasteiger partial charge on any atom is -0.399 e. The van der Waals surface area contributed by atoms with Crippen molar-refractivity contribution in [1.82, 2.24) is 0 Å². The van der Waals surface area contributed by atoms with Crippen molar-refractivity contribution in [2.75, 3.05) is 5.73 Å². The number of aliphatic hydroxyl groups excluding tert-OH is 1. The van der Waals surface area contributed by atoms with E-state index in [0.717, 1.165) is 22.3 Å². The molecule has 2 nitrogen and oxygen atoms in total. The summed E-state index contributed by atoms with van der Waals surface area (Å²) in [5, 5.41) is 10.8. The number of nitrogen functional groups attached to an aromatic ring is 1. The van der Waals surface area contributed by atoms with Gasteiger partial charge in [-0.15, -0.1) is 0 Å². The zero-order valence-corrected chi connectivity index (χ0v) is 9.20. The summed E-state index contributed by atoms with van der Waals surface area (Å²) < 4.78 is 0. The van der Waals surface area contributed by atoms with Gasteiger partial charge in [-0.05, 0) is 46.5 Å². The Balaban J connectivity index is 2.30. The van der Waals surface area contributed by atoms with Crippen LogP contribution in [0.5, 0.6) is 0 Å². The molecule has 1 aliphatic carbocycles. The van der Waals surface area contributed by atoms with Gasteiger partial charge in [0, 0.05) is 10.7 Å². The molecule has 2 aromatic rings. The molecule has 1 aliphatic rings. The fourth-order valence-corrected chi connectivity index (χ4v) is 2.41. The molecule has 0 unspecified atom stereocenters. The van der Waals surface area contributed by atoms with Crippen LogP contribution in [0.1, 0.15) is 17.2 Å². The van der Waals surface area contributed by atoms with Crippen molar-refractivity contribution in [2.45, 2.75) is 6.10 Å². The first kappa shape index (κ1) is 9.70. The van der Waals surface area contributed by atoms with E-state index in [1.54, 1.807) is 6.07 Å². The number of hydrogen-bond donors (Lipinski definition) is 2. The molecule has 0 saturated heterocycles. The molecular formula is C13H10ClNO. The third-order valence-electron chi connectivity index (χ3n) is 2.97. The molecule has 0 radical (unpaired) electrons. The predicted octanol–water partition coefficient (Wildman–Crippen LogP) is 2.98. The van der Waals surface area contributed by atoms with Crippen LogP contribution in [0.25, 0.3) is 11.1 Å². The molecule has 16 heavy (non-hydrogen) atoms. The van der Waals surface area contributed by atoms with Crippen LogP contribution in [-0.4, -0.2) is 5.11 Å². The van der Waals surface area contributed by atoms with Gasteiger partial charge in [-0.1, -0.05) is 23.7 Å². The SMILES string of the molecule is Nc1ccc2c(c1)[C@H](O)c1cc(Cl)ccc1-2. The molecule has 0 heterocycles. The lowest BCUT2D eigenvalue weighted by Crippen LogP contribution is -1.95. The molecule has 3 heteroatoms. The number of nitrogens with two attached hydrogens (primary N) is 1. The maximum atomic E-state index is 10.2. The highest BCUT2D eigenvalue weighted by Crippen LogP contribution is 2.44. The molecule has 0 saturated carbocycles. The van der Waals surface area contributed by atoms with Crippen LogP contribution in [0.3, 0.4) is 0 Å². The summed E-state index contributed by atoms with van der Waals surface area (Å²) in [5.74, 6) is 0. The van der Waals surface area contributed by atoms with Gasteiger partial charge >= 0.3 is 0 Å². The zero-order chi connectivity index (χ0) is 11.3. The Labute approximate surface area is 98.3 Å². The Kier molecular flexibility index (Phi) is 1.96. The maximum Gasteiger partial charge on any atom is 0.105 e. The number of aliphatic hydroxyl groups is 1. The average Bonchev–Trinajstić information content (AvgIpc) is 2.53. The zero-order valence-electron chi connectivity index (χ0n) is 8.44. The van der Waals surface area contributed by atoms with Gasteiger partial charge in [0.15, 0.2) is 0 Å². The number of fused-ring (bicyclic) bond motifs is 3. The second-order valence-electron chi connectivity index (χ2n) is 3.98. The van der Waals surface area contributed by atoms with Gasteiger partial charge in [0.25, 0.3) is 0 Å². The van der Waals surface area contributed by atoms with E-state index in [-0.39, 0.29) is 0 Å². The second kappa shape index (κ2) is 3.24. The molecule has 0 fully saturated rings. The minimum absolute atomic E-state index is 0.618. The number of rotatable bonds is 0. The van der Waals surface area contributed by atoms with Crippen molar-refractivity contribution in [3.63, 3.8) is 0 Å². The van der Waals surface area contributed by atoms with Crippen LogP contribution < -0.4 is 5.73 Å². The summed E-state index contributed by atoms with van der Waals surface area (Å²) in [5.41, 5.74) is 10.2. The Bertz CT molecular complexity index is 529. The molecule has 3 N–H and O–H groups in total. The first-order valence-electron chi connectivity index (χ1n) is 5.04. The van der Waals surface area contributed by atoms with E-state index in [1.165, 1.54) is 0 Å². The summed E-state index contributed by atoms with van der Waals surface area (Å²) in [4.78, 5) is 0. The fourth-order valence-electron chi connectivity index (χ4n) is 2.23. The third kappa shape index (κ3) is 1.24. The normalized spacial score (nSPS) is 17.0. The van der Waals surface area contributed by atoms with E-state index < -0.39 is 6.10 Å². The van der Waals surface area contributed by atoms with Gasteiger partial charge in [-0.2, -0.15) is 0 Å². The highest BCUT2D eigenvalue weighted by molar-refractivity contribution is 6.30. The summed E-state index contributed by atoms with van der Waals surface area (Å²) >= 11 is 5.93. The van der Waals surface area contributed by atoms with Crippen LogP contribution >= 0.6 is 11.6 Å². The van der Waals surface area contributed by atoms with Crippen LogP contribution in [0, 0.1) is 0 Å². The maximum absolute atomic E-state index is 10.2. The van der Waals surface area contributed by atoms with Crippen molar-refractivity contribution in [3.05, 3.63) is 52.5 Å². The molecule has 0 aromatic heterocycles. The lowest BCUT2D eigenvalue weighted by molar-refractivity contribution is 0.225. The Morgan fingerprint density at radius 3 is 2.38 bits per heavy atom. The average molecular weight is 232 g/mol. The smallest absolute Gasteiger partial charge is 0.105 e. The molecule has 0 spiro atoms. The van der Waals surface area contributed by atoms with Crippen LogP contribution in [0.4, 0.5) is 5.69 Å². The van der Waals surface area contributed by atoms with E-state index in [4.69, 9.17) is 17.3 Å². The summed E-state index contributed by atoms with van der Waals surface area (Å²) in [6.45, 7) is 0. The molecule has 1 atom stereocenters. The van der Waals surface area contributed by atoms with Crippen LogP contribution in [0.15, 0.2) is 36.4 Å². The van der Waals surface area contributed by atoms with Crippen LogP contribution in [-0.2, 0) is 0 Å². The van der Waals surface area contributed by atoms with Crippen molar-refractivity contribution in [3.8, 4) is 11.1 Å². The molecular weight excluding hydrogens is 222 g/mol. The predicted molar refractivity (Wildman–Crippen MR) is 65.4 cm³/mol. The highest BCUT2D eigenvalue weighted by Gasteiger charge is 2.26. The highest BCUT2D eigenvalue weighted by atomic mass is 35.5. The van der Waals surface area contributed by atoms with E-state index >= 15 is 0 Å². The number of halogens is 1. The molecule has 3 rings (SSSR count). The van der Waals surface area contributed by atoms with Gasteiger partial charge in [0.1, 0.15) is 6.10 Å². The number of hydrogen-bond acceptors (Lipinski definition) is 2. The molecule has 0 bridgehead atoms. The van der Waals surface area contributed by atoms with Gasteiger partial charge < -0.3 is 10.8 Å². The van der Waals surface area contributed by atoms with Gasteiger partial charge in [-0.25, -0.2) is 0 Å². The lowest BCUT2D eigenvalue weighted by Gasteiger charge is -2.05. The lowest BCUT2D eigenvalue weighted by atomic mass is 10.1. The van der Waals surface area contributed by atoms with E-state index in [0.29, 0.717) is 10.7 Å². The van der Waals surface area contributed by atoms with Crippen molar-refractivity contribution in [2.24, 2.45) is 0 Å². The summed E-state index contributed by atoms with van der Waals surface area (Å²) in [6, 6.07) is 11.2. The van der Waals surface area contributed by atoms with E-state index in [1.807, 2.05) is 30.3 Å². The van der Waals surface area contributed by atoms with Crippen molar-refractivity contribution >= 4 is 17.3 Å². The van der Waals surface area contributed by atoms with E-state index in [9.17, 15) is 5.11 Å². The number of benzene rings is 2. The monoisotopic (exact) mass is 231 g/mol. The summed E-state index contributed by atoms with van der Waals surface area (Å²) in [7, 11) is 0. The molecule has 2 aromatic carbocycles. The van der Waals surface area contributed by atoms with Crippen molar-refractivity contribution in [1.29, 1.82) is 0 Å². The Hall–Kier alpha value is -1.51.